The summed E-state index contributed by atoms with van der Waals surface area (Å²) < 4.78 is 1.35. The van der Waals surface area contributed by atoms with E-state index in [0.717, 1.165) is 27.6 Å². The molecule has 4 rings (SSSR count). The van der Waals surface area contributed by atoms with Gasteiger partial charge >= 0.3 is 0 Å². The summed E-state index contributed by atoms with van der Waals surface area (Å²) >= 11 is 0. The number of fused-ring (bicyclic) bond motifs is 1. The zero-order chi connectivity index (χ0) is 19.5. The van der Waals surface area contributed by atoms with E-state index in [0.29, 0.717) is 12.1 Å². The third-order valence-electron chi connectivity index (χ3n) is 4.56. The smallest absolute Gasteiger partial charge is 0.148 e. The molecule has 2 aromatic heterocycles. The molecule has 0 saturated heterocycles. The molecule has 0 aliphatic heterocycles. The predicted molar refractivity (Wildman–Crippen MR) is 108 cm³/mol. The van der Waals surface area contributed by atoms with Crippen LogP contribution in [0.5, 0.6) is 0 Å². The summed E-state index contributed by atoms with van der Waals surface area (Å²) in [6.45, 7) is -0.00864. The van der Waals surface area contributed by atoms with Crippen LogP contribution in [0.25, 0.3) is 22.2 Å². The van der Waals surface area contributed by atoms with Crippen LogP contribution in [0.15, 0.2) is 72.9 Å². The summed E-state index contributed by atoms with van der Waals surface area (Å²) in [5.41, 5.74) is 4.41. The lowest BCUT2D eigenvalue weighted by Gasteiger charge is -2.10. The predicted octanol–water partition coefficient (Wildman–Crippen LogP) is 3.14. The number of aliphatic hydroxyl groups excluding tert-OH is 1. The normalized spacial score (nSPS) is 10.9. The fraction of sp³-hybridized carbons (Fsp3) is 0.0909. The number of pyridine rings is 1. The summed E-state index contributed by atoms with van der Waals surface area (Å²) in [4.78, 5) is 4.31. The monoisotopic (exact) mass is 369 g/mol. The van der Waals surface area contributed by atoms with Crippen LogP contribution in [-0.4, -0.2) is 25.7 Å². The Morgan fingerprint density at radius 3 is 2.54 bits per heavy atom. The van der Waals surface area contributed by atoms with Crippen molar-refractivity contribution in [2.75, 3.05) is 0 Å². The SMILES string of the molecule is N=C(Cc1ccc2ncccc2c1)n1nc(-c2ccc(CO)cc2)ccc1=N. The molecular weight excluding hydrogens is 350 g/mol. The third kappa shape index (κ3) is 3.58. The Bertz CT molecular complexity index is 1210. The Hall–Kier alpha value is -3.64. The van der Waals surface area contributed by atoms with Crippen LogP contribution in [0, 0.1) is 10.8 Å². The molecule has 0 bridgehead atoms. The van der Waals surface area contributed by atoms with E-state index < -0.39 is 0 Å². The zero-order valence-electron chi connectivity index (χ0n) is 15.1. The number of hydrogen-bond donors (Lipinski definition) is 3. The van der Waals surface area contributed by atoms with E-state index in [1.807, 2.05) is 54.6 Å². The molecule has 0 aliphatic rings. The molecule has 0 atom stereocenters. The number of rotatable bonds is 4. The van der Waals surface area contributed by atoms with Gasteiger partial charge in [0.2, 0.25) is 0 Å². The van der Waals surface area contributed by atoms with Crippen molar-refractivity contribution in [1.82, 2.24) is 14.8 Å². The van der Waals surface area contributed by atoms with E-state index in [1.165, 1.54) is 4.68 Å². The minimum atomic E-state index is -0.00864. The molecule has 0 spiro atoms. The Balaban J connectivity index is 1.63. The lowest BCUT2D eigenvalue weighted by molar-refractivity contribution is 0.282. The first kappa shape index (κ1) is 17.8. The van der Waals surface area contributed by atoms with Crippen molar-refractivity contribution < 1.29 is 5.11 Å². The highest BCUT2D eigenvalue weighted by Gasteiger charge is 2.08. The maximum atomic E-state index is 9.18. The number of aliphatic hydroxyl groups is 1. The van der Waals surface area contributed by atoms with E-state index >= 15 is 0 Å². The molecule has 2 heterocycles. The van der Waals surface area contributed by atoms with Gasteiger partial charge in [-0.15, -0.1) is 0 Å². The van der Waals surface area contributed by atoms with Gasteiger partial charge in [0.1, 0.15) is 11.3 Å². The average molecular weight is 369 g/mol. The van der Waals surface area contributed by atoms with Crippen molar-refractivity contribution in [1.29, 1.82) is 10.8 Å². The van der Waals surface area contributed by atoms with Crippen LogP contribution in [0.3, 0.4) is 0 Å². The lowest BCUT2D eigenvalue weighted by Crippen LogP contribution is -2.30. The molecule has 28 heavy (non-hydrogen) atoms. The number of hydrogen-bond acceptors (Lipinski definition) is 5. The second-order valence-corrected chi connectivity index (χ2v) is 6.52. The van der Waals surface area contributed by atoms with Crippen molar-refractivity contribution in [3.05, 3.63) is 89.5 Å². The van der Waals surface area contributed by atoms with Crippen LogP contribution < -0.4 is 5.49 Å². The van der Waals surface area contributed by atoms with Crippen molar-refractivity contribution in [3.8, 4) is 11.3 Å². The average Bonchev–Trinajstić information content (AvgIpc) is 2.74. The first-order valence-electron chi connectivity index (χ1n) is 8.90. The van der Waals surface area contributed by atoms with Crippen LogP contribution in [-0.2, 0) is 13.0 Å². The topological polar surface area (TPSA) is 98.6 Å². The Morgan fingerprint density at radius 2 is 1.75 bits per heavy atom. The molecule has 138 valence electrons. The maximum Gasteiger partial charge on any atom is 0.148 e. The summed E-state index contributed by atoms with van der Waals surface area (Å²) in [5.74, 6) is 0.224. The molecule has 4 aromatic rings. The molecule has 3 N–H and O–H groups in total. The van der Waals surface area contributed by atoms with Gasteiger partial charge in [-0.2, -0.15) is 5.10 Å². The molecule has 0 fully saturated rings. The summed E-state index contributed by atoms with van der Waals surface area (Å²) in [6.07, 6.45) is 2.12. The minimum Gasteiger partial charge on any atom is -0.392 e. The molecule has 6 nitrogen and oxygen atoms in total. The molecule has 6 heteroatoms. The molecule has 0 unspecified atom stereocenters. The standard InChI is InChI=1S/C22H19N5O/c23-21-10-9-20(17-6-3-15(14-28)4-7-17)26-27(21)22(24)13-16-5-8-19-18(12-16)2-1-11-25-19/h1-12,23-24,28H,13-14H2. The minimum absolute atomic E-state index is 0.00864. The van der Waals surface area contributed by atoms with E-state index in [9.17, 15) is 5.11 Å². The van der Waals surface area contributed by atoms with Crippen LogP contribution >= 0.6 is 0 Å². The Morgan fingerprint density at radius 1 is 0.964 bits per heavy atom. The molecular formula is C22H19N5O. The number of benzene rings is 2. The van der Waals surface area contributed by atoms with Crippen molar-refractivity contribution in [2.45, 2.75) is 13.0 Å². The Labute approximate surface area is 161 Å². The van der Waals surface area contributed by atoms with Gasteiger partial charge in [-0.3, -0.25) is 15.8 Å². The van der Waals surface area contributed by atoms with Crippen LogP contribution in [0.2, 0.25) is 0 Å². The zero-order valence-corrected chi connectivity index (χ0v) is 15.1. The van der Waals surface area contributed by atoms with Crippen molar-refractivity contribution in [3.63, 3.8) is 0 Å². The number of nitrogens with one attached hydrogen (secondary N) is 2. The molecule has 0 amide bonds. The van der Waals surface area contributed by atoms with Crippen molar-refractivity contribution in [2.24, 2.45) is 0 Å². The summed E-state index contributed by atoms with van der Waals surface area (Å²) in [5, 5.41) is 31.3. The van der Waals surface area contributed by atoms with E-state index in [2.05, 4.69) is 10.1 Å². The second kappa shape index (κ2) is 7.54. The first-order valence-corrected chi connectivity index (χ1v) is 8.90. The maximum absolute atomic E-state index is 9.18. The second-order valence-electron chi connectivity index (χ2n) is 6.52. The Kier molecular flexibility index (Phi) is 4.78. The number of aromatic nitrogens is 3. The highest BCUT2D eigenvalue weighted by Crippen LogP contribution is 2.17. The fourth-order valence-corrected chi connectivity index (χ4v) is 3.07. The van der Waals surface area contributed by atoms with Crippen LogP contribution in [0.1, 0.15) is 11.1 Å². The van der Waals surface area contributed by atoms with Gasteiger partial charge in [-0.05, 0) is 41.5 Å². The van der Waals surface area contributed by atoms with Gasteiger partial charge in [0, 0.05) is 23.6 Å². The molecule has 0 saturated carbocycles. The van der Waals surface area contributed by atoms with Crippen LogP contribution in [0.4, 0.5) is 0 Å². The van der Waals surface area contributed by atoms with Gasteiger partial charge in [-0.1, -0.05) is 36.4 Å². The van der Waals surface area contributed by atoms with Gasteiger partial charge in [0.15, 0.2) is 0 Å². The fourth-order valence-electron chi connectivity index (χ4n) is 3.07. The van der Waals surface area contributed by atoms with Gasteiger partial charge in [0.05, 0.1) is 17.8 Å². The summed E-state index contributed by atoms with van der Waals surface area (Å²) in [7, 11) is 0. The quantitative estimate of drug-likeness (QED) is 0.381. The van der Waals surface area contributed by atoms with Gasteiger partial charge in [-0.25, -0.2) is 4.68 Å². The molecule has 0 aliphatic carbocycles. The largest absolute Gasteiger partial charge is 0.392 e. The van der Waals surface area contributed by atoms with E-state index in [-0.39, 0.29) is 17.9 Å². The highest BCUT2D eigenvalue weighted by molar-refractivity contribution is 5.85. The van der Waals surface area contributed by atoms with Crippen molar-refractivity contribution >= 4 is 16.7 Å². The number of nitrogens with zero attached hydrogens (tertiary/aromatic N) is 3. The third-order valence-corrected chi connectivity index (χ3v) is 4.56. The van der Waals surface area contributed by atoms with Gasteiger partial charge < -0.3 is 5.11 Å². The summed E-state index contributed by atoms with van der Waals surface area (Å²) in [6, 6.07) is 20.6. The van der Waals surface area contributed by atoms with E-state index in [4.69, 9.17) is 10.8 Å². The van der Waals surface area contributed by atoms with Gasteiger partial charge in [0.25, 0.3) is 0 Å². The van der Waals surface area contributed by atoms with E-state index in [1.54, 1.807) is 18.3 Å². The lowest BCUT2D eigenvalue weighted by atomic mass is 10.1. The molecule has 2 aromatic carbocycles. The highest BCUT2D eigenvalue weighted by atomic mass is 16.3. The molecule has 0 radical (unpaired) electrons. The first-order chi connectivity index (χ1) is 13.6.